The van der Waals surface area contributed by atoms with Crippen LogP contribution in [0.4, 0.5) is 0 Å². The molecule has 2 aromatic rings. The SMILES string of the molecule is CCCCCCCCCCCCCCOc1cnc(-c2ccc(CCCCCCCCCC)cc2)nc1. The first-order valence-electron chi connectivity index (χ1n) is 15.9. The first-order chi connectivity index (χ1) is 18.3. The molecule has 0 aliphatic rings. The zero-order chi connectivity index (χ0) is 26.2. The first kappa shape index (κ1) is 31.3. The molecule has 1 aromatic heterocycles. The van der Waals surface area contributed by atoms with Crippen molar-refractivity contribution in [2.24, 2.45) is 0 Å². The van der Waals surface area contributed by atoms with Gasteiger partial charge in [0.25, 0.3) is 0 Å². The number of benzene rings is 1. The maximum Gasteiger partial charge on any atom is 0.159 e. The summed E-state index contributed by atoms with van der Waals surface area (Å²) in [5.74, 6) is 1.55. The Kier molecular flexibility index (Phi) is 18.7. The van der Waals surface area contributed by atoms with Crippen molar-refractivity contribution in [1.29, 1.82) is 0 Å². The minimum atomic E-state index is 0.758. The number of nitrogens with zero attached hydrogens (tertiary/aromatic N) is 2. The van der Waals surface area contributed by atoms with Crippen LogP contribution in [0.1, 0.15) is 148 Å². The number of unbranched alkanes of at least 4 members (excludes halogenated alkanes) is 18. The third-order valence-corrected chi connectivity index (χ3v) is 7.43. The zero-order valence-electron chi connectivity index (χ0n) is 24.3. The number of ether oxygens (including phenoxy) is 1. The third-order valence-electron chi connectivity index (χ3n) is 7.43. The van der Waals surface area contributed by atoms with Gasteiger partial charge < -0.3 is 4.74 Å². The molecule has 0 N–H and O–H groups in total. The van der Waals surface area contributed by atoms with Gasteiger partial charge >= 0.3 is 0 Å². The summed E-state index contributed by atoms with van der Waals surface area (Å²) in [6.07, 6.45) is 32.1. The molecule has 0 atom stereocenters. The molecule has 0 aliphatic heterocycles. The fourth-order valence-electron chi connectivity index (χ4n) is 4.96. The number of hydrogen-bond acceptors (Lipinski definition) is 3. The molecule has 3 heteroatoms. The van der Waals surface area contributed by atoms with Crippen LogP contribution in [0, 0.1) is 0 Å². The summed E-state index contributed by atoms with van der Waals surface area (Å²) in [5, 5.41) is 0. The lowest BCUT2D eigenvalue weighted by molar-refractivity contribution is 0.302. The molecule has 0 fully saturated rings. The van der Waals surface area contributed by atoms with Crippen molar-refractivity contribution in [3.05, 3.63) is 42.2 Å². The van der Waals surface area contributed by atoms with Gasteiger partial charge in [0.05, 0.1) is 19.0 Å². The van der Waals surface area contributed by atoms with Gasteiger partial charge in [0.15, 0.2) is 11.6 Å². The Balaban J connectivity index is 1.50. The summed E-state index contributed by atoms with van der Waals surface area (Å²) in [4.78, 5) is 9.08. The Morgan fingerprint density at radius 3 is 1.43 bits per heavy atom. The van der Waals surface area contributed by atoms with Crippen LogP contribution in [-0.4, -0.2) is 16.6 Å². The number of hydrogen-bond donors (Lipinski definition) is 0. The molecular weight excluding hydrogens is 452 g/mol. The lowest BCUT2D eigenvalue weighted by Gasteiger charge is -2.07. The Bertz CT molecular complexity index is 756. The number of aromatic nitrogens is 2. The van der Waals surface area contributed by atoms with Gasteiger partial charge in [-0.05, 0) is 24.8 Å². The maximum absolute atomic E-state index is 5.87. The maximum atomic E-state index is 5.87. The van der Waals surface area contributed by atoms with Gasteiger partial charge in [-0.3, -0.25) is 0 Å². The Morgan fingerprint density at radius 2 is 0.946 bits per heavy atom. The second-order valence-corrected chi connectivity index (χ2v) is 10.9. The van der Waals surface area contributed by atoms with E-state index in [1.54, 1.807) is 0 Å². The highest BCUT2D eigenvalue weighted by Gasteiger charge is 2.03. The Morgan fingerprint density at radius 1 is 0.514 bits per heavy atom. The second-order valence-electron chi connectivity index (χ2n) is 10.9. The molecule has 0 bridgehead atoms. The average molecular weight is 509 g/mol. The molecule has 37 heavy (non-hydrogen) atoms. The van der Waals surface area contributed by atoms with E-state index in [0.717, 1.165) is 30.2 Å². The van der Waals surface area contributed by atoms with Gasteiger partial charge in [0.2, 0.25) is 0 Å². The normalized spacial score (nSPS) is 11.2. The van der Waals surface area contributed by atoms with E-state index in [1.165, 1.54) is 134 Å². The van der Waals surface area contributed by atoms with Gasteiger partial charge in [-0.1, -0.05) is 154 Å². The lowest BCUT2D eigenvalue weighted by atomic mass is 10.0. The summed E-state index contributed by atoms with van der Waals surface area (Å²) in [6.45, 7) is 5.32. The summed E-state index contributed by atoms with van der Waals surface area (Å²) in [7, 11) is 0. The fourth-order valence-corrected chi connectivity index (χ4v) is 4.96. The molecule has 3 nitrogen and oxygen atoms in total. The van der Waals surface area contributed by atoms with Crippen LogP contribution in [0.25, 0.3) is 11.4 Å². The minimum absolute atomic E-state index is 0.758. The predicted octanol–water partition coefficient (Wildman–Crippen LogP) is 10.9. The standard InChI is InChI=1S/C34H56N2O/c1-3-5-7-9-11-13-14-15-16-18-20-22-28-37-33-29-35-34(36-30-33)32-26-24-31(25-27-32)23-21-19-17-12-10-8-6-4-2/h24-27,29-30H,3-23,28H2,1-2H3. The van der Waals surface area contributed by atoms with Crippen molar-refractivity contribution in [3.8, 4) is 17.1 Å². The van der Waals surface area contributed by atoms with E-state index in [4.69, 9.17) is 4.74 Å². The molecule has 0 spiro atoms. The molecule has 208 valence electrons. The molecule has 0 saturated heterocycles. The van der Waals surface area contributed by atoms with Crippen LogP contribution in [0.5, 0.6) is 5.75 Å². The molecule has 0 saturated carbocycles. The van der Waals surface area contributed by atoms with E-state index in [9.17, 15) is 0 Å². The Labute approximate surface area is 229 Å². The summed E-state index contributed by atoms with van der Waals surface area (Å²) < 4.78 is 5.87. The molecule has 0 unspecified atom stereocenters. The smallest absolute Gasteiger partial charge is 0.159 e. The average Bonchev–Trinajstić information content (AvgIpc) is 2.93. The van der Waals surface area contributed by atoms with E-state index in [2.05, 4.69) is 48.1 Å². The molecule has 0 radical (unpaired) electrons. The van der Waals surface area contributed by atoms with Gasteiger partial charge in [0, 0.05) is 5.56 Å². The van der Waals surface area contributed by atoms with Crippen LogP contribution in [0.3, 0.4) is 0 Å². The molecule has 0 amide bonds. The molecular formula is C34H56N2O. The van der Waals surface area contributed by atoms with E-state index in [0.29, 0.717) is 0 Å². The lowest BCUT2D eigenvalue weighted by Crippen LogP contribution is -1.99. The Hall–Kier alpha value is -1.90. The van der Waals surface area contributed by atoms with Crippen LogP contribution < -0.4 is 4.74 Å². The quantitative estimate of drug-likeness (QED) is 0.132. The van der Waals surface area contributed by atoms with E-state index in [1.807, 2.05) is 12.4 Å². The highest BCUT2D eigenvalue weighted by molar-refractivity contribution is 5.55. The minimum Gasteiger partial charge on any atom is -0.490 e. The van der Waals surface area contributed by atoms with Crippen molar-refractivity contribution in [2.45, 2.75) is 149 Å². The van der Waals surface area contributed by atoms with Gasteiger partial charge in [-0.15, -0.1) is 0 Å². The molecule has 2 rings (SSSR count). The predicted molar refractivity (Wildman–Crippen MR) is 160 cm³/mol. The first-order valence-corrected chi connectivity index (χ1v) is 15.9. The number of aryl methyl sites for hydroxylation is 1. The van der Waals surface area contributed by atoms with Gasteiger partial charge in [-0.2, -0.15) is 0 Å². The molecule has 1 heterocycles. The van der Waals surface area contributed by atoms with Crippen molar-refractivity contribution in [3.63, 3.8) is 0 Å². The largest absolute Gasteiger partial charge is 0.490 e. The molecule has 0 aliphatic carbocycles. The van der Waals surface area contributed by atoms with Crippen LogP contribution in [-0.2, 0) is 6.42 Å². The number of rotatable bonds is 24. The molecule has 1 aromatic carbocycles. The highest BCUT2D eigenvalue weighted by atomic mass is 16.5. The van der Waals surface area contributed by atoms with Crippen molar-refractivity contribution in [1.82, 2.24) is 9.97 Å². The van der Waals surface area contributed by atoms with Crippen molar-refractivity contribution >= 4 is 0 Å². The summed E-state index contributed by atoms with van der Waals surface area (Å²) >= 11 is 0. The van der Waals surface area contributed by atoms with Gasteiger partial charge in [0.1, 0.15) is 0 Å². The van der Waals surface area contributed by atoms with Crippen LogP contribution in [0.2, 0.25) is 0 Å². The van der Waals surface area contributed by atoms with Gasteiger partial charge in [-0.25, -0.2) is 9.97 Å². The topological polar surface area (TPSA) is 35.0 Å². The van der Waals surface area contributed by atoms with Crippen molar-refractivity contribution < 1.29 is 4.74 Å². The zero-order valence-corrected chi connectivity index (χ0v) is 24.3. The van der Waals surface area contributed by atoms with Crippen molar-refractivity contribution in [2.75, 3.05) is 6.61 Å². The van der Waals surface area contributed by atoms with Crippen LogP contribution >= 0.6 is 0 Å². The van der Waals surface area contributed by atoms with E-state index in [-0.39, 0.29) is 0 Å². The second kappa shape index (κ2) is 22.1. The summed E-state index contributed by atoms with van der Waals surface area (Å²) in [5.41, 5.74) is 2.49. The van der Waals surface area contributed by atoms with Crippen LogP contribution in [0.15, 0.2) is 36.7 Å². The van der Waals surface area contributed by atoms with E-state index < -0.39 is 0 Å². The highest BCUT2D eigenvalue weighted by Crippen LogP contribution is 2.19. The van der Waals surface area contributed by atoms with E-state index >= 15 is 0 Å². The third kappa shape index (κ3) is 15.8. The monoisotopic (exact) mass is 508 g/mol. The fraction of sp³-hybridized carbons (Fsp3) is 0.706. The summed E-state index contributed by atoms with van der Waals surface area (Å²) in [6, 6.07) is 8.78.